The Labute approximate surface area is 118 Å². The van der Waals surface area contributed by atoms with E-state index in [-0.39, 0.29) is 6.03 Å². The third kappa shape index (κ3) is 2.79. The van der Waals surface area contributed by atoms with Crippen molar-refractivity contribution < 1.29 is 4.79 Å². The van der Waals surface area contributed by atoms with Crippen molar-refractivity contribution in [1.82, 2.24) is 15.2 Å². The molecule has 0 saturated carbocycles. The molecule has 2 amide bonds. The second-order valence-corrected chi connectivity index (χ2v) is 4.96. The molecule has 0 radical (unpaired) electrons. The van der Waals surface area contributed by atoms with Crippen LogP contribution in [-0.2, 0) is 19.5 Å². The van der Waals surface area contributed by atoms with Gasteiger partial charge in [-0.1, -0.05) is 30.3 Å². The fourth-order valence-corrected chi connectivity index (χ4v) is 2.46. The van der Waals surface area contributed by atoms with E-state index in [2.05, 4.69) is 28.5 Å². The SMILES string of the molecule is O=C(NCc1cccnc1)N1CCc2ccccc2C1. The lowest BCUT2D eigenvalue weighted by Gasteiger charge is -2.28. The smallest absolute Gasteiger partial charge is 0.317 e. The lowest BCUT2D eigenvalue weighted by Crippen LogP contribution is -2.42. The van der Waals surface area contributed by atoms with Crippen molar-refractivity contribution in [3.63, 3.8) is 0 Å². The van der Waals surface area contributed by atoms with E-state index < -0.39 is 0 Å². The van der Waals surface area contributed by atoms with Gasteiger partial charge in [0.05, 0.1) is 0 Å². The van der Waals surface area contributed by atoms with Crippen LogP contribution in [0.5, 0.6) is 0 Å². The highest BCUT2D eigenvalue weighted by atomic mass is 16.2. The van der Waals surface area contributed by atoms with Crippen LogP contribution in [0.4, 0.5) is 4.79 Å². The summed E-state index contributed by atoms with van der Waals surface area (Å²) < 4.78 is 0. The number of hydrogen-bond donors (Lipinski definition) is 1. The predicted molar refractivity (Wildman–Crippen MR) is 77.0 cm³/mol. The Morgan fingerprint density at radius 3 is 2.85 bits per heavy atom. The van der Waals surface area contributed by atoms with Gasteiger partial charge in [-0.05, 0) is 29.2 Å². The molecule has 0 fully saturated rings. The molecule has 4 heteroatoms. The van der Waals surface area contributed by atoms with Crippen molar-refractivity contribution in [2.75, 3.05) is 6.54 Å². The van der Waals surface area contributed by atoms with Crippen LogP contribution < -0.4 is 5.32 Å². The molecule has 0 aliphatic carbocycles. The van der Waals surface area contributed by atoms with Gasteiger partial charge >= 0.3 is 6.03 Å². The maximum atomic E-state index is 12.2. The lowest BCUT2D eigenvalue weighted by molar-refractivity contribution is 0.192. The molecule has 1 aromatic carbocycles. The number of carbonyl (C=O) groups excluding carboxylic acids is 1. The second-order valence-electron chi connectivity index (χ2n) is 4.96. The molecule has 4 nitrogen and oxygen atoms in total. The fourth-order valence-electron chi connectivity index (χ4n) is 2.46. The van der Waals surface area contributed by atoms with Crippen LogP contribution in [0.15, 0.2) is 48.8 Å². The Kier molecular flexibility index (Phi) is 3.63. The summed E-state index contributed by atoms with van der Waals surface area (Å²) in [4.78, 5) is 18.1. The molecule has 1 aromatic heterocycles. The van der Waals surface area contributed by atoms with E-state index in [1.165, 1.54) is 11.1 Å². The number of hydrogen-bond acceptors (Lipinski definition) is 2. The minimum atomic E-state index is -0.0108. The van der Waals surface area contributed by atoms with Gasteiger partial charge in [-0.25, -0.2) is 4.79 Å². The third-order valence-corrected chi connectivity index (χ3v) is 3.58. The third-order valence-electron chi connectivity index (χ3n) is 3.58. The first kappa shape index (κ1) is 12.7. The number of amides is 2. The van der Waals surface area contributed by atoms with Gasteiger partial charge in [-0.3, -0.25) is 4.98 Å². The normalized spacial score (nSPS) is 13.7. The highest BCUT2D eigenvalue weighted by Crippen LogP contribution is 2.18. The van der Waals surface area contributed by atoms with Gasteiger partial charge in [0.2, 0.25) is 0 Å². The summed E-state index contributed by atoms with van der Waals surface area (Å²) in [5.41, 5.74) is 3.61. The topological polar surface area (TPSA) is 45.2 Å². The molecule has 1 N–H and O–H groups in total. The van der Waals surface area contributed by atoms with E-state index in [4.69, 9.17) is 0 Å². The summed E-state index contributed by atoms with van der Waals surface area (Å²) in [5, 5.41) is 2.95. The monoisotopic (exact) mass is 267 g/mol. The molecule has 102 valence electrons. The fraction of sp³-hybridized carbons (Fsp3) is 0.250. The minimum Gasteiger partial charge on any atom is -0.334 e. The first-order valence-electron chi connectivity index (χ1n) is 6.81. The number of carbonyl (C=O) groups is 1. The molecular formula is C16H17N3O. The van der Waals surface area contributed by atoms with Crippen molar-refractivity contribution in [3.05, 3.63) is 65.5 Å². The second kappa shape index (κ2) is 5.74. The molecule has 3 rings (SSSR count). The summed E-state index contributed by atoms with van der Waals surface area (Å²) >= 11 is 0. The standard InChI is InChI=1S/C16H17N3O/c20-16(18-11-13-4-3-8-17-10-13)19-9-7-14-5-1-2-6-15(14)12-19/h1-6,8,10H,7,9,11-12H2,(H,18,20). The first-order valence-corrected chi connectivity index (χ1v) is 6.81. The van der Waals surface area contributed by atoms with Gasteiger partial charge in [0, 0.05) is 32.0 Å². The number of nitrogens with zero attached hydrogens (tertiary/aromatic N) is 2. The first-order chi connectivity index (χ1) is 9.83. The van der Waals surface area contributed by atoms with Crippen LogP contribution in [0.3, 0.4) is 0 Å². The average Bonchev–Trinajstić information content (AvgIpc) is 2.53. The van der Waals surface area contributed by atoms with Crippen molar-refractivity contribution in [2.45, 2.75) is 19.5 Å². The Hall–Kier alpha value is -2.36. The maximum absolute atomic E-state index is 12.2. The van der Waals surface area contributed by atoms with E-state index in [0.29, 0.717) is 13.1 Å². The number of aromatic nitrogens is 1. The summed E-state index contributed by atoms with van der Waals surface area (Å²) in [5.74, 6) is 0. The molecule has 2 heterocycles. The number of benzene rings is 1. The highest BCUT2D eigenvalue weighted by molar-refractivity contribution is 5.74. The van der Waals surface area contributed by atoms with Crippen LogP contribution in [0.2, 0.25) is 0 Å². The molecule has 1 aliphatic rings. The number of rotatable bonds is 2. The highest BCUT2D eigenvalue weighted by Gasteiger charge is 2.19. The average molecular weight is 267 g/mol. The summed E-state index contributed by atoms with van der Waals surface area (Å²) in [6.07, 6.45) is 4.43. The van der Waals surface area contributed by atoms with Crippen LogP contribution >= 0.6 is 0 Å². The minimum absolute atomic E-state index is 0.0108. The molecule has 0 unspecified atom stereocenters. The van der Waals surface area contributed by atoms with Crippen LogP contribution in [0.25, 0.3) is 0 Å². The number of urea groups is 1. The Morgan fingerprint density at radius 2 is 2.05 bits per heavy atom. The van der Waals surface area contributed by atoms with E-state index in [1.807, 2.05) is 23.1 Å². The van der Waals surface area contributed by atoms with Gasteiger partial charge in [-0.15, -0.1) is 0 Å². The van der Waals surface area contributed by atoms with Gasteiger partial charge in [0.1, 0.15) is 0 Å². The quantitative estimate of drug-likeness (QED) is 0.907. The number of nitrogens with one attached hydrogen (secondary N) is 1. The maximum Gasteiger partial charge on any atom is 0.317 e. The number of pyridine rings is 1. The van der Waals surface area contributed by atoms with Crippen molar-refractivity contribution >= 4 is 6.03 Å². The number of fused-ring (bicyclic) bond motifs is 1. The largest absolute Gasteiger partial charge is 0.334 e. The molecule has 0 saturated heterocycles. The Morgan fingerprint density at radius 1 is 1.20 bits per heavy atom. The summed E-state index contributed by atoms with van der Waals surface area (Å²) in [6, 6.07) is 12.1. The van der Waals surface area contributed by atoms with Gasteiger partial charge in [0.15, 0.2) is 0 Å². The zero-order valence-corrected chi connectivity index (χ0v) is 11.2. The van der Waals surface area contributed by atoms with Crippen molar-refractivity contribution in [3.8, 4) is 0 Å². The van der Waals surface area contributed by atoms with Gasteiger partial charge in [-0.2, -0.15) is 0 Å². The van der Waals surface area contributed by atoms with Crippen molar-refractivity contribution in [2.24, 2.45) is 0 Å². The molecule has 0 spiro atoms. The predicted octanol–water partition coefficient (Wildman–Crippen LogP) is 2.35. The van der Waals surface area contributed by atoms with Crippen LogP contribution in [0, 0.1) is 0 Å². The van der Waals surface area contributed by atoms with E-state index in [1.54, 1.807) is 12.4 Å². The zero-order valence-electron chi connectivity index (χ0n) is 11.2. The van der Waals surface area contributed by atoms with E-state index >= 15 is 0 Å². The van der Waals surface area contributed by atoms with Crippen molar-refractivity contribution in [1.29, 1.82) is 0 Å². The van der Waals surface area contributed by atoms with E-state index in [0.717, 1.165) is 18.5 Å². The van der Waals surface area contributed by atoms with Crippen LogP contribution in [0.1, 0.15) is 16.7 Å². The molecular weight excluding hydrogens is 250 g/mol. The molecule has 20 heavy (non-hydrogen) atoms. The molecule has 0 atom stereocenters. The zero-order chi connectivity index (χ0) is 13.8. The molecule has 1 aliphatic heterocycles. The molecule has 0 bridgehead atoms. The van der Waals surface area contributed by atoms with Gasteiger partial charge in [0.25, 0.3) is 0 Å². The summed E-state index contributed by atoms with van der Waals surface area (Å²) in [6.45, 7) is 1.98. The van der Waals surface area contributed by atoms with Crippen LogP contribution in [-0.4, -0.2) is 22.5 Å². The van der Waals surface area contributed by atoms with Gasteiger partial charge < -0.3 is 10.2 Å². The summed E-state index contributed by atoms with van der Waals surface area (Å²) in [7, 11) is 0. The van der Waals surface area contributed by atoms with E-state index in [9.17, 15) is 4.79 Å². The lowest BCUT2D eigenvalue weighted by atomic mass is 10.0. The Balaban J connectivity index is 1.59. The molecule has 2 aromatic rings. The Bertz CT molecular complexity index is 598.